The van der Waals surface area contributed by atoms with Crippen LogP contribution in [-0.4, -0.2) is 53.4 Å². The van der Waals surface area contributed by atoms with Crippen LogP contribution < -0.4 is 0 Å². The highest BCUT2D eigenvalue weighted by Gasteiger charge is 2.41. The fourth-order valence-corrected chi connectivity index (χ4v) is 4.58. The van der Waals surface area contributed by atoms with Gasteiger partial charge in [0, 0.05) is 28.7 Å². The first-order valence-corrected chi connectivity index (χ1v) is 10.2. The Kier molecular flexibility index (Phi) is 4.70. The number of aromatic nitrogens is 4. The zero-order valence-corrected chi connectivity index (χ0v) is 17.2. The van der Waals surface area contributed by atoms with Gasteiger partial charge in [-0.15, -0.1) is 16.4 Å². The summed E-state index contributed by atoms with van der Waals surface area (Å²) >= 11 is 1.13. The second kappa shape index (κ2) is 7.07. The van der Waals surface area contributed by atoms with Crippen molar-refractivity contribution in [3.63, 3.8) is 0 Å². The molecule has 3 aromatic heterocycles. The number of carbonyl (C=O) groups excluding carboxylic acids is 1. The number of thiophene rings is 1. The predicted octanol–water partition coefficient (Wildman–Crippen LogP) is 3.49. The average molecular weight is 411 g/mol. The van der Waals surface area contributed by atoms with Crippen molar-refractivity contribution in [1.29, 1.82) is 0 Å². The fourth-order valence-electron chi connectivity index (χ4n) is 3.84. The molecule has 0 aliphatic carbocycles. The third-order valence-corrected chi connectivity index (χ3v) is 6.24. The van der Waals surface area contributed by atoms with Gasteiger partial charge in [0.1, 0.15) is 10.6 Å². The molecule has 0 radical (unpaired) electrons. The van der Waals surface area contributed by atoms with E-state index >= 15 is 0 Å². The first-order chi connectivity index (χ1) is 13.8. The molecule has 150 valence electrons. The summed E-state index contributed by atoms with van der Waals surface area (Å²) in [6, 6.07) is 5.23. The lowest BCUT2D eigenvalue weighted by molar-refractivity contribution is 0.0571. The molecule has 0 saturated carbocycles. The minimum absolute atomic E-state index is 0.128. The maximum absolute atomic E-state index is 13.4. The van der Waals surface area contributed by atoms with Crippen molar-refractivity contribution in [1.82, 2.24) is 24.9 Å². The standard InChI is InChI=1S/C20H21N5O3S/c1-12-6-7-20(2,3)25(12)18(26)17-15(5-4-8-21-17)24-10-14(22-23-24)13-9-16(19(27)28)29-11-13/h4-5,8-12H,6-7H2,1-3H3,(H,27,28). The van der Waals surface area contributed by atoms with Gasteiger partial charge in [-0.25, -0.2) is 14.5 Å². The molecule has 1 amide bonds. The van der Waals surface area contributed by atoms with Crippen molar-refractivity contribution >= 4 is 23.2 Å². The maximum Gasteiger partial charge on any atom is 0.345 e. The van der Waals surface area contributed by atoms with Crippen LogP contribution in [0, 0.1) is 0 Å². The summed E-state index contributed by atoms with van der Waals surface area (Å²) in [7, 11) is 0. The number of hydrogen-bond acceptors (Lipinski definition) is 6. The molecule has 4 heterocycles. The van der Waals surface area contributed by atoms with E-state index in [1.165, 1.54) is 4.68 Å². The SMILES string of the molecule is CC1CCC(C)(C)N1C(=O)c1ncccc1-n1cc(-c2csc(C(=O)O)c2)nn1. The number of aromatic carboxylic acids is 1. The molecule has 4 rings (SSSR count). The Balaban J connectivity index is 1.70. The van der Waals surface area contributed by atoms with Gasteiger partial charge in [-0.05, 0) is 51.8 Å². The highest BCUT2D eigenvalue weighted by Crippen LogP contribution is 2.35. The molecule has 9 heteroatoms. The summed E-state index contributed by atoms with van der Waals surface area (Å²) in [6.45, 7) is 6.20. The van der Waals surface area contributed by atoms with E-state index in [1.54, 1.807) is 36.0 Å². The monoisotopic (exact) mass is 411 g/mol. The number of amides is 1. The van der Waals surface area contributed by atoms with E-state index < -0.39 is 5.97 Å². The van der Waals surface area contributed by atoms with Gasteiger partial charge in [-0.1, -0.05) is 5.21 Å². The van der Waals surface area contributed by atoms with Crippen LogP contribution in [0.3, 0.4) is 0 Å². The average Bonchev–Trinajstić information content (AvgIpc) is 3.40. The van der Waals surface area contributed by atoms with E-state index in [1.807, 2.05) is 4.90 Å². The quantitative estimate of drug-likeness (QED) is 0.705. The van der Waals surface area contributed by atoms with Gasteiger partial charge in [-0.2, -0.15) is 0 Å². The Hall–Kier alpha value is -3.07. The first kappa shape index (κ1) is 19.3. The van der Waals surface area contributed by atoms with Crippen LogP contribution in [0.15, 0.2) is 36.0 Å². The molecule has 1 aliphatic heterocycles. The lowest BCUT2D eigenvalue weighted by Crippen LogP contribution is -2.46. The predicted molar refractivity (Wildman–Crippen MR) is 108 cm³/mol. The van der Waals surface area contributed by atoms with Gasteiger partial charge in [-0.3, -0.25) is 4.79 Å². The molecular formula is C20H21N5O3S. The van der Waals surface area contributed by atoms with Gasteiger partial charge >= 0.3 is 5.97 Å². The number of rotatable bonds is 4. The van der Waals surface area contributed by atoms with E-state index in [9.17, 15) is 9.59 Å². The zero-order chi connectivity index (χ0) is 20.8. The number of likely N-dealkylation sites (tertiary alicyclic amines) is 1. The van der Waals surface area contributed by atoms with Crippen molar-refractivity contribution < 1.29 is 14.7 Å². The molecule has 0 bridgehead atoms. The largest absolute Gasteiger partial charge is 0.477 e. The Morgan fingerprint density at radius 2 is 2.14 bits per heavy atom. The summed E-state index contributed by atoms with van der Waals surface area (Å²) < 4.78 is 1.52. The Labute approximate surface area is 171 Å². The van der Waals surface area contributed by atoms with Crippen LogP contribution in [0.5, 0.6) is 0 Å². The van der Waals surface area contributed by atoms with Crippen LogP contribution >= 0.6 is 11.3 Å². The lowest BCUT2D eigenvalue weighted by atomic mass is 10.0. The zero-order valence-electron chi connectivity index (χ0n) is 16.4. The maximum atomic E-state index is 13.4. The van der Waals surface area contributed by atoms with E-state index in [-0.39, 0.29) is 22.4 Å². The minimum atomic E-state index is -0.976. The highest BCUT2D eigenvalue weighted by molar-refractivity contribution is 7.12. The highest BCUT2D eigenvalue weighted by atomic mass is 32.1. The summed E-state index contributed by atoms with van der Waals surface area (Å²) in [5.74, 6) is -1.10. The number of carbonyl (C=O) groups is 2. The van der Waals surface area contributed by atoms with Crippen molar-refractivity contribution in [2.24, 2.45) is 0 Å². The molecule has 0 spiro atoms. The van der Waals surface area contributed by atoms with Crippen molar-refractivity contribution in [2.75, 3.05) is 0 Å². The van der Waals surface area contributed by atoms with Crippen molar-refractivity contribution in [3.05, 3.63) is 46.5 Å². The summed E-state index contributed by atoms with van der Waals surface area (Å²) in [5, 5.41) is 19.1. The van der Waals surface area contributed by atoms with Crippen LogP contribution in [0.1, 0.15) is 53.8 Å². The lowest BCUT2D eigenvalue weighted by Gasteiger charge is -2.34. The minimum Gasteiger partial charge on any atom is -0.477 e. The van der Waals surface area contributed by atoms with Crippen LogP contribution in [0.2, 0.25) is 0 Å². The van der Waals surface area contributed by atoms with Gasteiger partial charge in [0.05, 0.1) is 11.9 Å². The molecule has 29 heavy (non-hydrogen) atoms. The van der Waals surface area contributed by atoms with E-state index in [4.69, 9.17) is 5.11 Å². The fraction of sp³-hybridized carbons (Fsp3) is 0.350. The van der Waals surface area contributed by atoms with Gasteiger partial charge in [0.25, 0.3) is 5.91 Å². The molecule has 1 atom stereocenters. The molecular weight excluding hydrogens is 390 g/mol. The molecule has 3 aromatic rings. The molecule has 1 unspecified atom stereocenters. The number of hydrogen-bond donors (Lipinski definition) is 1. The van der Waals surface area contributed by atoms with Gasteiger partial charge < -0.3 is 10.0 Å². The molecule has 1 N–H and O–H groups in total. The third-order valence-electron chi connectivity index (χ3n) is 5.32. The number of carboxylic acids is 1. The molecule has 0 aromatic carbocycles. The second-order valence-electron chi connectivity index (χ2n) is 7.80. The normalized spacial score (nSPS) is 18.2. The van der Waals surface area contributed by atoms with Crippen LogP contribution in [0.25, 0.3) is 16.9 Å². The second-order valence-corrected chi connectivity index (χ2v) is 8.71. The molecule has 1 aliphatic rings. The Morgan fingerprint density at radius 3 is 2.79 bits per heavy atom. The summed E-state index contributed by atoms with van der Waals surface area (Å²) in [4.78, 5) is 31.0. The van der Waals surface area contributed by atoms with Gasteiger partial charge in [0.2, 0.25) is 0 Å². The number of carboxylic acid groups (broad SMARTS) is 1. The van der Waals surface area contributed by atoms with Crippen molar-refractivity contribution in [3.8, 4) is 16.9 Å². The van der Waals surface area contributed by atoms with Crippen LogP contribution in [-0.2, 0) is 0 Å². The number of pyridine rings is 1. The molecule has 1 saturated heterocycles. The molecule has 8 nitrogen and oxygen atoms in total. The smallest absolute Gasteiger partial charge is 0.345 e. The van der Waals surface area contributed by atoms with E-state index in [0.29, 0.717) is 22.6 Å². The Bertz CT molecular complexity index is 1090. The first-order valence-electron chi connectivity index (χ1n) is 9.31. The number of nitrogens with zero attached hydrogens (tertiary/aromatic N) is 5. The summed E-state index contributed by atoms with van der Waals surface area (Å²) in [5.41, 5.74) is 1.83. The van der Waals surface area contributed by atoms with Crippen LogP contribution in [0.4, 0.5) is 0 Å². The molecule has 1 fully saturated rings. The van der Waals surface area contributed by atoms with E-state index in [0.717, 1.165) is 24.2 Å². The van der Waals surface area contributed by atoms with E-state index in [2.05, 4.69) is 36.1 Å². The third kappa shape index (κ3) is 3.42. The van der Waals surface area contributed by atoms with Gasteiger partial charge in [0.15, 0.2) is 5.69 Å². The Morgan fingerprint density at radius 1 is 1.34 bits per heavy atom. The topological polar surface area (TPSA) is 101 Å². The van der Waals surface area contributed by atoms with Crippen molar-refractivity contribution in [2.45, 2.75) is 45.2 Å². The summed E-state index contributed by atoms with van der Waals surface area (Å²) in [6.07, 6.45) is 5.18.